The Bertz CT molecular complexity index is 1120. The van der Waals surface area contributed by atoms with E-state index in [1.165, 1.54) is 24.3 Å². The van der Waals surface area contributed by atoms with Crippen LogP contribution in [0.2, 0.25) is 0 Å². The molecule has 0 saturated carbocycles. The first-order valence-electron chi connectivity index (χ1n) is 8.55. The van der Waals surface area contributed by atoms with E-state index in [1.54, 1.807) is 18.2 Å². The number of hydrogen-bond donors (Lipinski definition) is 1. The molecule has 6 nitrogen and oxygen atoms in total. The Morgan fingerprint density at radius 2 is 1.50 bits per heavy atom. The lowest BCUT2D eigenvalue weighted by molar-refractivity contribution is 0.0698. The van der Waals surface area contributed by atoms with Crippen LogP contribution in [-0.4, -0.2) is 22.9 Å². The summed E-state index contributed by atoms with van der Waals surface area (Å²) < 4.78 is 5.77. The number of ether oxygens (including phenoxy) is 1. The summed E-state index contributed by atoms with van der Waals surface area (Å²) >= 11 is 0. The normalized spacial score (nSPS) is 12.8. The number of amides is 2. The SMILES string of the molecule is Cc1ccc(Oc2ccc3c(c2)C(=O)N(c2ccccc2C(=O)O)C3=O)cc1. The topological polar surface area (TPSA) is 83.9 Å². The molecule has 1 heterocycles. The van der Waals surface area contributed by atoms with Gasteiger partial charge in [-0.2, -0.15) is 0 Å². The zero-order chi connectivity index (χ0) is 19.8. The van der Waals surface area contributed by atoms with Crippen LogP contribution in [0.4, 0.5) is 5.69 Å². The van der Waals surface area contributed by atoms with Crippen molar-refractivity contribution in [2.75, 3.05) is 4.90 Å². The first-order chi connectivity index (χ1) is 13.5. The molecule has 3 aromatic rings. The molecule has 0 bridgehead atoms. The van der Waals surface area contributed by atoms with E-state index in [2.05, 4.69) is 0 Å². The van der Waals surface area contributed by atoms with Crippen LogP contribution in [0.15, 0.2) is 66.7 Å². The van der Waals surface area contributed by atoms with E-state index in [4.69, 9.17) is 4.74 Å². The van der Waals surface area contributed by atoms with Crippen molar-refractivity contribution in [1.82, 2.24) is 0 Å². The lowest BCUT2D eigenvalue weighted by Crippen LogP contribution is -2.30. The second-order valence-corrected chi connectivity index (χ2v) is 6.39. The number of nitrogens with zero attached hydrogens (tertiary/aromatic N) is 1. The van der Waals surface area contributed by atoms with Crippen LogP contribution in [-0.2, 0) is 0 Å². The minimum Gasteiger partial charge on any atom is -0.478 e. The molecule has 6 heteroatoms. The highest BCUT2D eigenvalue weighted by atomic mass is 16.5. The van der Waals surface area contributed by atoms with Gasteiger partial charge in [-0.05, 0) is 49.4 Å². The summed E-state index contributed by atoms with van der Waals surface area (Å²) in [5, 5.41) is 9.37. The summed E-state index contributed by atoms with van der Waals surface area (Å²) in [6, 6.07) is 18.0. The molecule has 1 aliphatic heterocycles. The molecule has 138 valence electrons. The van der Waals surface area contributed by atoms with Gasteiger partial charge in [-0.15, -0.1) is 0 Å². The van der Waals surface area contributed by atoms with E-state index in [0.29, 0.717) is 11.5 Å². The zero-order valence-electron chi connectivity index (χ0n) is 14.9. The lowest BCUT2D eigenvalue weighted by Gasteiger charge is -2.16. The number of carbonyl (C=O) groups excluding carboxylic acids is 2. The minimum atomic E-state index is -1.21. The van der Waals surface area contributed by atoms with Crippen LogP contribution in [0.1, 0.15) is 36.6 Å². The van der Waals surface area contributed by atoms with E-state index in [0.717, 1.165) is 10.5 Å². The number of aromatic carboxylic acids is 1. The average molecular weight is 373 g/mol. The van der Waals surface area contributed by atoms with Crippen LogP contribution in [0, 0.1) is 6.92 Å². The van der Waals surface area contributed by atoms with Crippen molar-refractivity contribution in [1.29, 1.82) is 0 Å². The summed E-state index contributed by atoms with van der Waals surface area (Å²) in [5.41, 5.74) is 1.40. The molecule has 0 radical (unpaired) electrons. The number of anilines is 1. The van der Waals surface area contributed by atoms with Crippen molar-refractivity contribution in [2.24, 2.45) is 0 Å². The largest absolute Gasteiger partial charge is 0.478 e. The number of rotatable bonds is 4. The number of benzene rings is 3. The molecule has 0 aromatic heterocycles. The fourth-order valence-corrected chi connectivity index (χ4v) is 3.09. The van der Waals surface area contributed by atoms with Crippen molar-refractivity contribution < 1.29 is 24.2 Å². The van der Waals surface area contributed by atoms with Crippen molar-refractivity contribution in [3.05, 3.63) is 89.0 Å². The Kier molecular flexibility index (Phi) is 4.16. The average Bonchev–Trinajstić information content (AvgIpc) is 2.93. The van der Waals surface area contributed by atoms with Gasteiger partial charge in [0.1, 0.15) is 11.5 Å². The van der Waals surface area contributed by atoms with Gasteiger partial charge in [-0.3, -0.25) is 9.59 Å². The summed E-state index contributed by atoms with van der Waals surface area (Å²) in [7, 11) is 0. The number of fused-ring (bicyclic) bond motifs is 1. The van der Waals surface area contributed by atoms with Gasteiger partial charge in [-0.25, -0.2) is 9.69 Å². The maximum absolute atomic E-state index is 12.9. The first-order valence-corrected chi connectivity index (χ1v) is 8.55. The third-order valence-electron chi connectivity index (χ3n) is 4.49. The van der Waals surface area contributed by atoms with Crippen LogP contribution in [0.3, 0.4) is 0 Å². The monoisotopic (exact) mass is 373 g/mol. The number of carboxylic acids is 1. The van der Waals surface area contributed by atoms with Crippen molar-refractivity contribution >= 4 is 23.5 Å². The molecule has 0 aliphatic carbocycles. The number of imide groups is 1. The third kappa shape index (κ3) is 2.91. The van der Waals surface area contributed by atoms with Crippen molar-refractivity contribution in [3.63, 3.8) is 0 Å². The molecule has 2 amide bonds. The Balaban J connectivity index is 1.70. The smallest absolute Gasteiger partial charge is 0.337 e. The highest BCUT2D eigenvalue weighted by molar-refractivity contribution is 6.35. The number of aryl methyl sites for hydroxylation is 1. The lowest BCUT2D eigenvalue weighted by atomic mass is 10.1. The van der Waals surface area contributed by atoms with Crippen LogP contribution in [0.5, 0.6) is 11.5 Å². The number of para-hydroxylation sites is 1. The quantitative estimate of drug-likeness (QED) is 0.690. The summed E-state index contributed by atoms with van der Waals surface area (Å²) in [6.45, 7) is 1.97. The van der Waals surface area contributed by atoms with Crippen molar-refractivity contribution in [3.8, 4) is 11.5 Å². The molecule has 3 aromatic carbocycles. The molecule has 0 fully saturated rings. The van der Waals surface area contributed by atoms with Gasteiger partial charge < -0.3 is 9.84 Å². The molecular weight excluding hydrogens is 358 g/mol. The zero-order valence-corrected chi connectivity index (χ0v) is 14.9. The maximum atomic E-state index is 12.9. The van der Waals surface area contributed by atoms with Gasteiger partial charge >= 0.3 is 5.97 Å². The summed E-state index contributed by atoms with van der Waals surface area (Å²) in [4.78, 5) is 38.0. The fraction of sp³-hybridized carbons (Fsp3) is 0.0455. The van der Waals surface area contributed by atoms with E-state index < -0.39 is 17.8 Å². The Hall–Kier alpha value is -3.93. The van der Waals surface area contributed by atoms with Crippen LogP contribution < -0.4 is 9.64 Å². The summed E-state index contributed by atoms with van der Waals surface area (Å²) in [5.74, 6) is -1.33. The Morgan fingerprint density at radius 3 is 2.21 bits per heavy atom. The molecule has 0 unspecified atom stereocenters. The molecule has 1 aliphatic rings. The van der Waals surface area contributed by atoms with Crippen LogP contribution in [0.25, 0.3) is 0 Å². The van der Waals surface area contributed by atoms with E-state index >= 15 is 0 Å². The summed E-state index contributed by atoms with van der Waals surface area (Å²) in [6.07, 6.45) is 0. The standard InChI is InChI=1S/C22H15NO5/c1-13-6-8-14(9-7-13)28-15-10-11-16-18(12-15)21(25)23(20(16)24)19-5-3-2-4-17(19)22(26)27/h2-12H,1H3,(H,26,27). The number of hydrogen-bond acceptors (Lipinski definition) is 4. The van der Waals surface area contributed by atoms with E-state index in [9.17, 15) is 19.5 Å². The van der Waals surface area contributed by atoms with Gasteiger partial charge in [0, 0.05) is 0 Å². The molecule has 0 saturated heterocycles. The Labute approximate surface area is 160 Å². The van der Waals surface area contributed by atoms with Crippen LogP contribution >= 0.6 is 0 Å². The molecule has 0 atom stereocenters. The predicted molar refractivity (Wildman–Crippen MR) is 102 cm³/mol. The second kappa shape index (κ2) is 6.66. The predicted octanol–water partition coefficient (Wildman–Crippen LogP) is 4.29. The van der Waals surface area contributed by atoms with Crippen molar-refractivity contribution in [2.45, 2.75) is 6.92 Å². The van der Waals surface area contributed by atoms with Gasteiger partial charge in [0.25, 0.3) is 11.8 Å². The van der Waals surface area contributed by atoms with Gasteiger partial charge in [0.2, 0.25) is 0 Å². The molecule has 0 spiro atoms. The number of carboxylic acid groups (broad SMARTS) is 1. The fourth-order valence-electron chi connectivity index (χ4n) is 3.09. The van der Waals surface area contributed by atoms with Gasteiger partial charge in [0.05, 0.1) is 22.4 Å². The second-order valence-electron chi connectivity index (χ2n) is 6.39. The number of carbonyl (C=O) groups is 3. The highest BCUT2D eigenvalue weighted by Gasteiger charge is 2.38. The van der Waals surface area contributed by atoms with E-state index in [1.807, 2.05) is 31.2 Å². The third-order valence-corrected chi connectivity index (χ3v) is 4.49. The van der Waals surface area contributed by atoms with E-state index in [-0.39, 0.29) is 22.4 Å². The molecule has 28 heavy (non-hydrogen) atoms. The first kappa shape index (κ1) is 17.5. The van der Waals surface area contributed by atoms with Gasteiger partial charge in [0.15, 0.2) is 0 Å². The van der Waals surface area contributed by atoms with Gasteiger partial charge in [-0.1, -0.05) is 29.8 Å². The maximum Gasteiger partial charge on any atom is 0.337 e. The minimum absolute atomic E-state index is 0.0437. The Morgan fingerprint density at radius 1 is 0.857 bits per heavy atom. The molecule has 1 N–H and O–H groups in total. The molecule has 4 rings (SSSR count). The highest BCUT2D eigenvalue weighted by Crippen LogP contribution is 2.33. The molecular formula is C22H15NO5.